The fourth-order valence-corrected chi connectivity index (χ4v) is 2.43. The van der Waals surface area contributed by atoms with Gasteiger partial charge in [-0.05, 0) is 25.3 Å². The Kier molecular flexibility index (Phi) is 2.63. The van der Waals surface area contributed by atoms with E-state index in [-0.39, 0.29) is 5.97 Å². The van der Waals surface area contributed by atoms with Crippen molar-refractivity contribution in [1.82, 2.24) is 10.2 Å². The van der Waals surface area contributed by atoms with Crippen molar-refractivity contribution < 1.29 is 9.53 Å². The Balaban J connectivity index is 2.07. The van der Waals surface area contributed by atoms with Gasteiger partial charge in [0.2, 0.25) is 0 Å². The molecule has 18 heavy (non-hydrogen) atoms. The molecule has 0 bridgehead atoms. The third-order valence-corrected chi connectivity index (χ3v) is 3.26. The van der Waals surface area contributed by atoms with Crippen LogP contribution in [0.3, 0.4) is 0 Å². The third-order valence-electron chi connectivity index (χ3n) is 3.26. The van der Waals surface area contributed by atoms with E-state index in [1.807, 2.05) is 18.2 Å². The average Bonchev–Trinajstić information content (AvgIpc) is 2.83. The van der Waals surface area contributed by atoms with E-state index in [4.69, 9.17) is 4.74 Å². The van der Waals surface area contributed by atoms with Crippen LogP contribution in [0.4, 0.5) is 0 Å². The highest BCUT2D eigenvalue weighted by Crippen LogP contribution is 2.33. The number of carbonyl (C=O) groups excluding carboxylic acids is 1. The molecule has 0 fully saturated rings. The molecule has 0 saturated heterocycles. The number of benzene rings is 1. The maximum atomic E-state index is 11.8. The summed E-state index contributed by atoms with van der Waals surface area (Å²) in [5.41, 5.74) is 4.77. The van der Waals surface area contributed by atoms with Crippen molar-refractivity contribution in [1.29, 1.82) is 0 Å². The molecule has 0 saturated carbocycles. The number of carbonyl (C=O) groups is 1. The topological polar surface area (TPSA) is 55.0 Å². The van der Waals surface area contributed by atoms with Crippen molar-refractivity contribution in [2.75, 3.05) is 6.61 Å². The van der Waals surface area contributed by atoms with Gasteiger partial charge in [-0.3, -0.25) is 5.10 Å². The summed E-state index contributed by atoms with van der Waals surface area (Å²) in [6.45, 7) is 2.18. The second kappa shape index (κ2) is 4.29. The minimum atomic E-state index is -0.314. The number of H-pyrrole nitrogens is 1. The van der Waals surface area contributed by atoms with Crippen LogP contribution in [0, 0.1) is 0 Å². The smallest absolute Gasteiger partial charge is 0.356 e. The van der Waals surface area contributed by atoms with E-state index < -0.39 is 0 Å². The van der Waals surface area contributed by atoms with Crippen LogP contribution in [0.1, 0.15) is 28.5 Å². The zero-order valence-electron chi connectivity index (χ0n) is 10.2. The minimum Gasteiger partial charge on any atom is -0.461 e. The van der Waals surface area contributed by atoms with E-state index in [1.165, 1.54) is 5.56 Å². The number of nitrogens with zero attached hydrogens (tertiary/aromatic N) is 1. The van der Waals surface area contributed by atoms with Crippen LogP contribution >= 0.6 is 0 Å². The molecule has 4 heteroatoms. The number of hydrogen-bond donors (Lipinski definition) is 1. The van der Waals surface area contributed by atoms with E-state index >= 15 is 0 Å². The number of esters is 1. The van der Waals surface area contributed by atoms with Crippen molar-refractivity contribution in [3.8, 4) is 11.3 Å². The Morgan fingerprint density at radius 3 is 3.06 bits per heavy atom. The molecule has 2 aromatic rings. The summed E-state index contributed by atoms with van der Waals surface area (Å²) in [4.78, 5) is 11.8. The predicted octanol–water partition coefficient (Wildman–Crippen LogP) is 2.35. The molecular formula is C14H14N2O2. The molecule has 1 aliphatic rings. The fraction of sp³-hybridized carbons (Fsp3) is 0.286. The Bertz CT molecular complexity index is 602. The molecule has 1 aromatic carbocycles. The Morgan fingerprint density at radius 1 is 1.39 bits per heavy atom. The number of rotatable bonds is 2. The zero-order valence-corrected chi connectivity index (χ0v) is 10.2. The van der Waals surface area contributed by atoms with Crippen molar-refractivity contribution in [3.63, 3.8) is 0 Å². The lowest BCUT2D eigenvalue weighted by Crippen LogP contribution is -2.10. The van der Waals surface area contributed by atoms with Crippen molar-refractivity contribution in [2.24, 2.45) is 0 Å². The summed E-state index contributed by atoms with van der Waals surface area (Å²) >= 11 is 0. The lowest BCUT2D eigenvalue weighted by Gasteiger charge is -2.15. The summed E-state index contributed by atoms with van der Waals surface area (Å²) in [6.07, 6.45) is 1.77. The maximum Gasteiger partial charge on any atom is 0.356 e. The first-order valence-electron chi connectivity index (χ1n) is 6.14. The summed E-state index contributed by atoms with van der Waals surface area (Å²) in [6, 6.07) is 8.18. The lowest BCUT2D eigenvalue weighted by molar-refractivity contribution is 0.0518. The van der Waals surface area contributed by atoms with Gasteiger partial charge in [0.05, 0.1) is 12.3 Å². The summed E-state index contributed by atoms with van der Waals surface area (Å²) in [7, 11) is 0. The van der Waals surface area contributed by atoms with Gasteiger partial charge in [-0.25, -0.2) is 4.79 Å². The van der Waals surface area contributed by atoms with E-state index in [0.29, 0.717) is 12.3 Å². The Morgan fingerprint density at radius 2 is 2.22 bits per heavy atom. The number of fused-ring (bicyclic) bond motifs is 3. The van der Waals surface area contributed by atoms with Gasteiger partial charge in [0.1, 0.15) is 5.69 Å². The zero-order chi connectivity index (χ0) is 12.5. The summed E-state index contributed by atoms with van der Waals surface area (Å²) in [5, 5.41) is 7.09. The van der Waals surface area contributed by atoms with Crippen LogP contribution in [-0.4, -0.2) is 22.8 Å². The van der Waals surface area contributed by atoms with Gasteiger partial charge in [-0.1, -0.05) is 24.3 Å². The quantitative estimate of drug-likeness (QED) is 0.822. The highest BCUT2D eigenvalue weighted by molar-refractivity contribution is 5.91. The molecule has 1 N–H and O–H groups in total. The van der Waals surface area contributed by atoms with E-state index in [9.17, 15) is 4.79 Å². The molecule has 1 aliphatic carbocycles. The molecule has 3 rings (SSSR count). The predicted molar refractivity (Wildman–Crippen MR) is 67.4 cm³/mol. The first-order chi connectivity index (χ1) is 8.81. The van der Waals surface area contributed by atoms with Crippen molar-refractivity contribution in [3.05, 3.63) is 41.1 Å². The molecule has 1 heterocycles. The SMILES string of the molecule is CCOC(=O)c1[nH]nc2c1CCc1ccccc1-2. The lowest BCUT2D eigenvalue weighted by atomic mass is 9.89. The molecular weight excluding hydrogens is 228 g/mol. The number of nitrogens with one attached hydrogen (secondary N) is 1. The van der Waals surface area contributed by atoms with Crippen LogP contribution in [0.5, 0.6) is 0 Å². The molecule has 0 spiro atoms. The van der Waals surface area contributed by atoms with Gasteiger partial charge in [-0.15, -0.1) is 0 Å². The molecule has 92 valence electrons. The standard InChI is InChI=1S/C14H14N2O2/c1-2-18-14(17)13-11-8-7-9-5-3-4-6-10(9)12(11)15-16-13/h3-6H,2,7-8H2,1H3,(H,15,16). The van der Waals surface area contributed by atoms with Gasteiger partial charge in [0.15, 0.2) is 0 Å². The van der Waals surface area contributed by atoms with Crippen molar-refractivity contribution >= 4 is 5.97 Å². The highest BCUT2D eigenvalue weighted by atomic mass is 16.5. The van der Waals surface area contributed by atoms with Crippen LogP contribution in [0.15, 0.2) is 24.3 Å². The van der Waals surface area contributed by atoms with Gasteiger partial charge >= 0.3 is 5.97 Å². The maximum absolute atomic E-state index is 11.8. The number of ether oxygens (including phenoxy) is 1. The van der Waals surface area contributed by atoms with Crippen LogP contribution in [0.2, 0.25) is 0 Å². The molecule has 0 aliphatic heterocycles. The van der Waals surface area contributed by atoms with Gasteiger partial charge in [0, 0.05) is 11.1 Å². The number of hydrogen-bond acceptors (Lipinski definition) is 3. The van der Waals surface area contributed by atoms with Gasteiger partial charge in [0.25, 0.3) is 0 Å². The second-order valence-electron chi connectivity index (χ2n) is 4.30. The Hall–Kier alpha value is -2.10. The van der Waals surface area contributed by atoms with Crippen molar-refractivity contribution in [2.45, 2.75) is 19.8 Å². The Labute approximate surface area is 105 Å². The molecule has 0 unspecified atom stereocenters. The number of aryl methyl sites for hydroxylation is 1. The minimum absolute atomic E-state index is 0.314. The summed E-state index contributed by atoms with van der Waals surface area (Å²) in [5.74, 6) is -0.314. The normalized spacial score (nSPS) is 12.7. The second-order valence-corrected chi connectivity index (χ2v) is 4.30. The van der Waals surface area contributed by atoms with E-state index in [1.54, 1.807) is 6.92 Å². The van der Waals surface area contributed by atoms with Crippen LogP contribution < -0.4 is 0 Å². The van der Waals surface area contributed by atoms with Gasteiger partial charge in [-0.2, -0.15) is 5.10 Å². The first kappa shape index (κ1) is 11.0. The average molecular weight is 242 g/mol. The van der Waals surface area contributed by atoms with Gasteiger partial charge < -0.3 is 4.74 Å². The number of aromatic nitrogens is 2. The first-order valence-corrected chi connectivity index (χ1v) is 6.14. The number of aromatic amines is 1. The van der Waals surface area contributed by atoms with Crippen LogP contribution in [0.25, 0.3) is 11.3 Å². The monoisotopic (exact) mass is 242 g/mol. The molecule has 0 radical (unpaired) electrons. The molecule has 4 nitrogen and oxygen atoms in total. The third kappa shape index (κ3) is 1.61. The van der Waals surface area contributed by atoms with Crippen LogP contribution in [-0.2, 0) is 17.6 Å². The van der Waals surface area contributed by atoms with E-state index in [2.05, 4.69) is 16.3 Å². The fourth-order valence-electron chi connectivity index (χ4n) is 2.43. The largest absolute Gasteiger partial charge is 0.461 e. The molecule has 0 atom stereocenters. The highest BCUT2D eigenvalue weighted by Gasteiger charge is 2.25. The molecule has 0 amide bonds. The molecule has 1 aromatic heterocycles. The summed E-state index contributed by atoms with van der Waals surface area (Å²) < 4.78 is 5.03. The van der Waals surface area contributed by atoms with E-state index in [0.717, 1.165) is 29.7 Å².